The van der Waals surface area contributed by atoms with E-state index in [0.29, 0.717) is 25.2 Å². The number of Topliss-reactive ketones (excluding diaryl/α,β-unsaturated/α-hetero) is 1. The van der Waals surface area contributed by atoms with Gasteiger partial charge in [-0.15, -0.1) is 0 Å². The van der Waals surface area contributed by atoms with Gasteiger partial charge in [0.1, 0.15) is 23.4 Å². The topological polar surface area (TPSA) is 38.8 Å². The summed E-state index contributed by atoms with van der Waals surface area (Å²) in [6.07, 6.45) is 1.43. The molecule has 0 unspecified atom stereocenters. The van der Waals surface area contributed by atoms with E-state index in [-0.39, 0.29) is 12.0 Å². The fourth-order valence-corrected chi connectivity index (χ4v) is 3.31. The number of rotatable bonds is 9. The van der Waals surface area contributed by atoms with E-state index >= 15 is 0 Å². The summed E-state index contributed by atoms with van der Waals surface area (Å²) in [5.74, 6) is 2.37. The summed E-state index contributed by atoms with van der Waals surface area (Å²) in [5, 5.41) is 0. The number of nitrogens with zero attached hydrogens (tertiary/aromatic N) is 1. The van der Waals surface area contributed by atoms with Gasteiger partial charge in [0.2, 0.25) is 0 Å². The molecule has 2 aromatic carbocycles. The van der Waals surface area contributed by atoms with Crippen molar-refractivity contribution < 1.29 is 14.3 Å². The molecule has 0 saturated carbocycles. The van der Waals surface area contributed by atoms with Crippen molar-refractivity contribution in [3.05, 3.63) is 54.1 Å². The number of hydrogen-bond acceptors (Lipinski definition) is 4. The normalized spacial score (nSPS) is 15.1. The number of carbonyl (C=O) groups excluding carboxylic acids is 1. The maximum absolute atomic E-state index is 11.6. The van der Waals surface area contributed by atoms with Crippen LogP contribution in [0.1, 0.15) is 45.1 Å². The van der Waals surface area contributed by atoms with Gasteiger partial charge in [-0.1, -0.05) is 26.0 Å². The highest BCUT2D eigenvalue weighted by molar-refractivity contribution is 5.78. The number of hydrogen-bond donors (Lipinski definition) is 0. The number of ether oxygens (including phenoxy) is 2. The van der Waals surface area contributed by atoms with Gasteiger partial charge in [-0.05, 0) is 54.8 Å². The van der Waals surface area contributed by atoms with E-state index in [4.69, 9.17) is 9.47 Å². The van der Waals surface area contributed by atoms with Crippen LogP contribution in [0, 0.1) is 0 Å². The SMILES string of the molecule is CCOc1ccc(N2CC(Oc3ccc([C@H](C)CC(=O)CC)cc3)C2)cc1. The minimum absolute atomic E-state index is 0.210. The molecule has 0 bridgehead atoms. The zero-order valence-corrected chi connectivity index (χ0v) is 16.5. The summed E-state index contributed by atoms with van der Waals surface area (Å²) in [6, 6.07) is 16.4. The van der Waals surface area contributed by atoms with Gasteiger partial charge in [-0.3, -0.25) is 4.79 Å². The lowest BCUT2D eigenvalue weighted by Gasteiger charge is -2.40. The zero-order valence-electron chi connectivity index (χ0n) is 16.5. The monoisotopic (exact) mass is 367 g/mol. The van der Waals surface area contributed by atoms with Crippen LogP contribution in [0.5, 0.6) is 11.5 Å². The quantitative estimate of drug-likeness (QED) is 0.637. The molecule has 3 rings (SSSR count). The molecule has 4 nitrogen and oxygen atoms in total. The Morgan fingerprint density at radius 3 is 2.26 bits per heavy atom. The summed E-state index contributed by atoms with van der Waals surface area (Å²) in [7, 11) is 0. The lowest BCUT2D eigenvalue weighted by Crippen LogP contribution is -2.54. The van der Waals surface area contributed by atoms with E-state index in [1.54, 1.807) is 0 Å². The van der Waals surface area contributed by atoms with Gasteiger partial charge in [-0.25, -0.2) is 0 Å². The minimum atomic E-state index is 0.210. The molecule has 144 valence electrons. The standard InChI is InChI=1S/C23H29NO3/c1-4-20(25)14-17(3)18-6-10-22(11-7-18)27-23-15-24(16-23)19-8-12-21(13-9-19)26-5-2/h6-13,17,23H,4-5,14-16H2,1-3H3/t17-/m1/s1. The number of anilines is 1. The first-order valence-corrected chi connectivity index (χ1v) is 9.85. The number of benzene rings is 2. The van der Waals surface area contributed by atoms with E-state index in [9.17, 15) is 4.79 Å². The second kappa shape index (κ2) is 8.94. The second-order valence-electron chi connectivity index (χ2n) is 7.14. The van der Waals surface area contributed by atoms with Crippen LogP contribution in [0.4, 0.5) is 5.69 Å². The molecule has 0 N–H and O–H groups in total. The van der Waals surface area contributed by atoms with Crippen LogP contribution in [0.2, 0.25) is 0 Å². The van der Waals surface area contributed by atoms with Crippen molar-refractivity contribution >= 4 is 11.5 Å². The van der Waals surface area contributed by atoms with Crippen molar-refractivity contribution in [1.29, 1.82) is 0 Å². The van der Waals surface area contributed by atoms with Crippen molar-refractivity contribution in [1.82, 2.24) is 0 Å². The molecule has 0 spiro atoms. The fraction of sp³-hybridized carbons (Fsp3) is 0.435. The average molecular weight is 367 g/mol. The Hall–Kier alpha value is -2.49. The third-order valence-corrected chi connectivity index (χ3v) is 5.04. The van der Waals surface area contributed by atoms with Crippen molar-refractivity contribution in [3.8, 4) is 11.5 Å². The van der Waals surface area contributed by atoms with Gasteiger partial charge >= 0.3 is 0 Å². The number of ketones is 1. The molecule has 1 heterocycles. The molecule has 1 aliphatic rings. The Kier molecular flexibility index (Phi) is 6.38. The van der Waals surface area contributed by atoms with Crippen LogP contribution in [0.15, 0.2) is 48.5 Å². The molecule has 1 atom stereocenters. The predicted octanol–water partition coefficient (Wildman–Crippen LogP) is 4.83. The largest absolute Gasteiger partial charge is 0.494 e. The van der Waals surface area contributed by atoms with Crippen LogP contribution in [-0.4, -0.2) is 31.6 Å². The Balaban J connectivity index is 1.47. The van der Waals surface area contributed by atoms with Crippen LogP contribution in [0.3, 0.4) is 0 Å². The van der Waals surface area contributed by atoms with Crippen LogP contribution in [0.25, 0.3) is 0 Å². The predicted molar refractivity (Wildman–Crippen MR) is 109 cm³/mol. The third kappa shape index (κ3) is 5.03. The fourth-order valence-electron chi connectivity index (χ4n) is 3.31. The summed E-state index contributed by atoms with van der Waals surface area (Å²) in [4.78, 5) is 13.9. The molecule has 0 amide bonds. The van der Waals surface area contributed by atoms with E-state index in [2.05, 4.69) is 36.1 Å². The Labute approximate surface area is 162 Å². The molecular weight excluding hydrogens is 338 g/mol. The molecule has 4 heteroatoms. The van der Waals surface area contributed by atoms with Crippen LogP contribution < -0.4 is 14.4 Å². The van der Waals surface area contributed by atoms with Crippen molar-refractivity contribution in [2.75, 3.05) is 24.6 Å². The van der Waals surface area contributed by atoms with E-state index in [0.717, 1.165) is 24.6 Å². The van der Waals surface area contributed by atoms with E-state index in [1.807, 2.05) is 38.1 Å². The summed E-state index contributed by atoms with van der Waals surface area (Å²) < 4.78 is 11.6. The zero-order chi connectivity index (χ0) is 19.2. The van der Waals surface area contributed by atoms with Gasteiger partial charge < -0.3 is 14.4 Å². The first-order valence-electron chi connectivity index (χ1n) is 9.85. The molecule has 27 heavy (non-hydrogen) atoms. The van der Waals surface area contributed by atoms with E-state index in [1.165, 1.54) is 11.3 Å². The minimum Gasteiger partial charge on any atom is -0.494 e. The van der Waals surface area contributed by atoms with Gasteiger partial charge in [0.25, 0.3) is 0 Å². The Bertz CT molecular complexity index is 733. The summed E-state index contributed by atoms with van der Waals surface area (Å²) in [5.41, 5.74) is 2.39. The smallest absolute Gasteiger partial charge is 0.133 e. The van der Waals surface area contributed by atoms with Crippen LogP contribution >= 0.6 is 0 Å². The van der Waals surface area contributed by atoms with Crippen molar-refractivity contribution in [3.63, 3.8) is 0 Å². The van der Waals surface area contributed by atoms with Gasteiger partial charge in [0, 0.05) is 18.5 Å². The maximum atomic E-state index is 11.6. The van der Waals surface area contributed by atoms with Gasteiger partial charge in [-0.2, -0.15) is 0 Å². The van der Waals surface area contributed by atoms with Gasteiger partial charge in [0.05, 0.1) is 19.7 Å². The van der Waals surface area contributed by atoms with Crippen molar-refractivity contribution in [2.24, 2.45) is 0 Å². The van der Waals surface area contributed by atoms with Crippen LogP contribution in [-0.2, 0) is 4.79 Å². The first kappa shape index (κ1) is 19.3. The summed E-state index contributed by atoms with van der Waals surface area (Å²) in [6.45, 7) is 8.47. The Morgan fingerprint density at radius 2 is 1.67 bits per heavy atom. The van der Waals surface area contributed by atoms with Gasteiger partial charge in [0.15, 0.2) is 0 Å². The summed E-state index contributed by atoms with van der Waals surface area (Å²) >= 11 is 0. The lowest BCUT2D eigenvalue weighted by atomic mass is 9.95. The highest BCUT2D eigenvalue weighted by atomic mass is 16.5. The number of carbonyl (C=O) groups is 1. The molecular formula is C23H29NO3. The second-order valence-corrected chi connectivity index (χ2v) is 7.14. The lowest BCUT2D eigenvalue weighted by molar-refractivity contribution is -0.119. The van der Waals surface area contributed by atoms with E-state index < -0.39 is 0 Å². The Morgan fingerprint density at radius 1 is 1.04 bits per heavy atom. The molecule has 0 radical (unpaired) electrons. The third-order valence-electron chi connectivity index (χ3n) is 5.04. The highest BCUT2D eigenvalue weighted by Crippen LogP contribution is 2.27. The maximum Gasteiger partial charge on any atom is 0.133 e. The average Bonchev–Trinajstić information content (AvgIpc) is 2.66. The molecule has 0 aromatic heterocycles. The molecule has 1 saturated heterocycles. The first-order chi connectivity index (χ1) is 13.1. The molecule has 2 aromatic rings. The molecule has 1 aliphatic heterocycles. The molecule has 0 aliphatic carbocycles. The molecule has 1 fully saturated rings. The van der Waals surface area contributed by atoms with Crippen molar-refractivity contribution in [2.45, 2.75) is 45.6 Å². The highest BCUT2D eigenvalue weighted by Gasteiger charge is 2.28.